The van der Waals surface area contributed by atoms with Crippen LogP contribution in [0.4, 0.5) is 10.8 Å². The topological polar surface area (TPSA) is 147 Å². The summed E-state index contributed by atoms with van der Waals surface area (Å²) < 4.78 is 32.8. The third-order valence-electron chi connectivity index (χ3n) is 5.46. The second-order valence-electron chi connectivity index (χ2n) is 8.15. The second kappa shape index (κ2) is 12.2. The summed E-state index contributed by atoms with van der Waals surface area (Å²) in [6, 6.07) is 18.8. The van der Waals surface area contributed by atoms with Gasteiger partial charge < -0.3 is 10.1 Å². The number of methoxy groups -OCH3 is 1. The van der Waals surface area contributed by atoms with Gasteiger partial charge in [-0.05, 0) is 74.0 Å². The van der Waals surface area contributed by atoms with E-state index < -0.39 is 15.3 Å². The normalized spacial score (nSPS) is 11.8. The number of carbonyl (C=O) groups excluding carboxylic acids is 1. The van der Waals surface area contributed by atoms with Gasteiger partial charge in [0, 0.05) is 11.3 Å². The van der Waals surface area contributed by atoms with Crippen LogP contribution in [0.5, 0.6) is 5.75 Å². The van der Waals surface area contributed by atoms with E-state index in [1.54, 1.807) is 26.2 Å². The number of sulfonamides is 1. The molecule has 0 aliphatic heterocycles. The van der Waals surface area contributed by atoms with E-state index in [1.807, 2.05) is 31.2 Å². The van der Waals surface area contributed by atoms with Gasteiger partial charge in [0.2, 0.25) is 11.0 Å². The number of anilines is 2. The predicted octanol–water partition coefficient (Wildman–Crippen LogP) is 5.10. The van der Waals surface area contributed by atoms with Crippen LogP contribution in [-0.2, 0) is 14.8 Å². The smallest absolute Gasteiger partial charge is 0.263 e. The Hall–Kier alpha value is -3.99. The summed E-state index contributed by atoms with van der Waals surface area (Å²) >= 11 is 2.34. The van der Waals surface area contributed by atoms with E-state index in [1.165, 1.54) is 36.0 Å². The molecule has 0 fully saturated rings. The minimum Gasteiger partial charge on any atom is -0.497 e. The molecule has 13 heteroatoms. The molecular formula is C26H24N6O4S3. The number of amides is 1. The molecule has 39 heavy (non-hydrogen) atoms. The van der Waals surface area contributed by atoms with Gasteiger partial charge >= 0.3 is 0 Å². The number of pyridine rings is 1. The number of ether oxygens (including phenoxy) is 1. The van der Waals surface area contributed by atoms with Crippen molar-refractivity contribution in [1.29, 1.82) is 5.26 Å². The van der Waals surface area contributed by atoms with E-state index >= 15 is 0 Å². The van der Waals surface area contributed by atoms with Gasteiger partial charge in [0.15, 0.2) is 0 Å². The van der Waals surface area contributed by atoms with Crippen LogP contribution in [-0.4, -0.2) is 41.9 Å². The van der Waals surface area contributed by atoms with E-state index in [2.05, 4.69) is 31.3 Å². The summed E-state index contributed by atoms with van der Waals surface area (Å²) in [5.74, 6) is 0.430. The molecule has 2 heterocycles. The van der Waals surface area contributed by atoms with Gasteiger partial charge in [-0.15, -0.1) is 10.2 Å². The summed E-state index contributed by atoms with van der Waals surface area (Å²) in [5.41, 5.74) is 2.33. The van der Waals surface area contributed by atoms with E-state index in [9.17, 15) is 18.5 Å². The van der Waals surface area contributed by atoms with Crippen LogP contribution in [0.3, 0.4) is 0 Å². The first-order valence-corrected chi connectivity index (χ1v) is 14.9. The molecule has 0 bridgehead atoms. The van der Waals surface area contributed by atoms with Crippen molar-refractivity contribution in [3.05, 3.63) is 71.2 Å². The van der Waals surface area contributed by atoms with Gasteiger partial charge in [-0.2, -0.15) is 5.26 Å². The highest BCUT2D eigenvalue weighted by Gasteiger charge is 2.22. The average molecular weight is 581 g/mol. The minimum absolute atomic E-state index is 0.0213. The molecule has 0 saturated carbocycles. The molecule has 0 aliphatic carbocycles. The molecule has 0 saturated heterocycles. The number of nitrogens with one attached hydrogen (secondary N) is 2. The lowest BCUT2D eigenvalue weighted by Gasteiger charge is -2.16. The number of aromatic nitrogens is 3. The second-order valence-corrected chi connectivity index (χ2v) is 12.2. The lowest BCUT2D eigenvalue weighted by molar-refractivity contribution is -0.115. The molecule has 0 radical (unpaired) electrons. The van der Waals surface area contributed by atoms with Gasteiger partial charge in [0.1, 0.15) is 21.9 Å². The van der Waals surface area contributed by atoms with Crippen molar-refractivity contribution < 1.29 is 17.9 Å². The summed E-state index contributed by atoms with van der Waals surface area (Å²) in [7, 11) is -2.26. The third-order valence-corrected chi connectivity index (χ3v) is 9.07. The fraction of sp³-hybridized carbons (Fsp3) is 0.192. The number of hydrogen-bond acceptors (Lipinski definition) is 10. The number of benzene rings is 2. The van der Waals surface area contributed by atoms with Gasteiger partial charge in [0.05, 0.1) is 28.5 Å². The largest absolute Gasteiger partial charge is 0.497 e. The molecule has 0 spiro atoms. The predicted molar refractivity (Wildman–Crippen MR) is 151 cm³/mol. The zero-order valence-electron chi connectivity index (χ0n) is 21.2. The molecule has 2 aromatic carbocycles. The van der Waals surface area contributed by atoms with E-state index in [4.69, 9.17) is 4.74 Å². The van der Waals surface area contributed by atoms with Crippen molar-refractivity contribution in [2.75, 3.05) is 17.1 Å². The Labute approximate surface area is 234 Å². The average Bonchev–Trinajstić information content (AvgIpc) is 3.35. The van der Waals surface area contributed by atoms with Crippen LogP contribution in [0, 0.1) is 18.3 Å². The van der Waals surface area contributed by atoms with Crippen molar-refractivity contribution in [3.8, 4) is 23.1 Å². The molecule has 1 atom stereocenters. The maximum absolute atomic E-state index is 13.1. The first-order valence-electron chi connectivity index (χ1n) is 11.7. The molecule has 2 aromatic heterocycles. The van der Waals surface area contributed by atoms with Gasteiger partial charge in [-0.1, -0.05) is 30.0 Å². The van der Waals surface area contributed by atoms with Crippen molar-refractivity contribution in [2.45, 2.75) is 35.4 Å². The van der Waals surface area contributed by atoms with Crippen LogP contribution < -0.4 is 14.8 Å². The van der Waals surface area contributed by atoms with Crippen molar-refractivity contribution >= 4 is 49.8 Å². The number of nitrogens with zero attached hydrogens (tertiary/aromatic N) is 4. The summed E-state index contributed by atoms with van der Waals surface area (Å²) in [6.07, 6.45) is 0.480. The summed E-state index contributed by atoms with van der Waals surface area (Å²) in [4.78, 5) is 17.8. The molecule has 1 amide bonds. The zero-order chi connectivity index (χ0) is 28.0. The van der Waals surface area contributed by atoms with Crippen molar-refractivity contribution in [3.63, 3.8) is 0 Å². The Bertz CT molecular complexity index is 1610. The Morgan fingerprint density at radius 2 is 1.82 bits per heavy atom. The van der Waals surface area contributed by atoms with Crippen LogP contribution in [0.2, 0.25) is 0 Å². The van der Waals surface area contributed by atoms with Gasteiger partial charge in [0.25, 0.3) is 10.0 Å². The first kappa shape index (κ1) is 28.0. The Kier molecular flexibility index (Phi) is 8.80. The van der Waals surface area contributed by atoms with Crippen molar-refractivity contribution in [1.82, 2.24) is 15.2 Å². The third kappa shape index (κ3) is 6.91. The maximum Gasteiger partial charge on any atom is 0.263 e. The molecular weight excluding hydrogens is 557 g/mol. The van der Waals surface area contributed by atoms with Crippen LogP contribution in [0.25, 0.3) is 11.3 Å². The number of carbonyl (C=O) groups is 1. The highest BCUT2D eigenvalue weighted by Crippen LogP contribution is 2.31. The molecule has 4 aromatic rings. The molecule has 4 rings (SSSR count). The Balaban J connectivity index is 1.47. The number of hydrogen-bond donors (Lipinski definition) is 2. The number of rotatable bonds is 10. The Morgan fingerprint density at radius 3 is 2.41 bits per heavy atom. The number of aryl methyl sites for hydroxylation is 1. The number of nitriles is 1. The lowest BCUT2D eigenvalue weighted by atomic mass is 10.1. The van der Waals surface area contributed by atoms with E-state index in [-0.39, 0.29) is 15.9 Å². The van der Waals surface area contributed by atoms with Crippen LogP contribution in [0.15, 0.2) is 70.6 Å². The Morgan fingerprint density at radius 1 is 1.10 bits per heavy atom. The van der Waals surface area contributed by atoms with E-state index in [0.29, 0.717) is 33.4 Å². The van der Waals surface area contributed by atoms with Crippen LogP contribution in [0.1, 0.15) is 23.9 Å². The van der Waals surface area contributed by atoms with Gasteiger partial charge in [-0.25, -0.2) is 13.4 Å². The monoisotopic (exact) mass is 580 g/mol. The minimum atomic E-state index is -3.85. The lowest BCUT2D eigenvalue weighted by Crippen LogP contribution is -2.25. The fourth-order valence-corrected chi connectivity index (χ4v) is 6.26. The molecule has 0 aliphatic rings. The molecule has 1 unspecified atom stereocenters. The first-order chi connectivity index (χ1) is 18.7. The van der Waals surface area contributed by atoms with Gasteiger partial charge in [-0.3, -0.25) is 9.52 Å². The van der Waals surface area contributed by atoms with Crippen molar-refractivity contribution in [2.24, 2.45) is 0 Å². The SMILES string of the molecule is CCC(Sc1nc(-c2ccc(OC)cc2)ccc1C#N)C(=O)Nc1ccc(S(=O)(=O)Nc2nnc(C)s2)cc1. The van der Waals surface area contributed by atoms with E-state index in [0.717, 1.165) is 22.6 Å². The number of thioether (sulfide) groups is 1. The maximum atomic E-state index is 13.1. The molecule has 200 valence electrons. The quantitative estimate of drug-likeness (QED) is 0.245. The van der Waals surface area contributed by atoms with Crippen LogP contribution >= 0.6 is 23.1 Å². The standard InChI is InChI=1S/C26H24N6O4S3/c1-4-23(38-25-18(15-27)7-14-22(29-25)17-5-10-20(36-3)11-6-17)24(33)28-19-8-12-21(13-9-19)39(34,35)32-26-31-30-16(2)37-26/h5-14,23H,4H2,1-3H3,(H,28,33)(H,31,32). The highest BCUT2D eigenvalue weighted by molar-refractivity contribution is 8.00. The fourth-order valence-electron chi connectivity index (χ4n) is 3.45. The highest BCUT2D eigenvalue weighted by atomic mass is 32.2. The summed E-state index contributed by atoms with van der Waals surface area (Å²) in [6.45, 7) is 3.59. The summed E-state index contributed by atoms with van der Waals surface area (Å²) in [5, 5.41) is 20.7. The zero-order valence-corrected chi connectivity index (χ0v) is 23.7. The molecule has 2 N–H and O–H groups in total. The molecule has 10 nitrogen and oxygen atoms in total.